The largest absolute Gasteiger partial charge is 0.394 e. The number of likely N-dealkylation sites (N-methyl/N-ethyl adjacent to an activating group) is 1. The monoisotopic (exact) mass is 200 g/mol. The fraction of sp³-hybridized carbons (Fsp3) is 1.00. The summed E-state index contributed by atoms with van der Waals surface area (Å²) in [5, 5.41) is 9.29. The van der Waals surface area contributed by atoms with Gasteiger partial charge in [0, 0.05) is 17.6 Å². The SMILES string of the molecule is CN(C1CCCC(N)C1)C(C)(C)CO. The fourth-order valence-electron chi connectivity index (χ4n) is 2.16. The third-order valence-electron chi connectivity index (χ3n) is 3.58. The molecule has 3 heteroatoms. The molecule has 1 rings (SSSR count). The Bertz CT molecular complexity index is 182. The molecule has 0 aliphatic heterocycles. The van der Waals surface area contributed by atoms with Gasteiger partial charge in [0.1, 0.15) is 0 Å². The summed E-state index contributed by atoms with van der Waals surface area (Å²) in [4.78, 5) is 2.28. The number of hydrogen-bond donors (Lipinski definition) is 2. The quantitative estimate of drug-likeness (QED) is 0.713. The molecular weight excluding hydrogens is 176 g/mol. The van der Waals surface area contributed by atoms with Crippen LogP contribution in [0.25, 0.3) is 0 Å². The van der Waals surface area contributed by atoms with Crippen LogP contribution in [0.2, 0.25) is 0 Å². The zero-order valence-electron chi connectivity index (χ0n) is 9.66. The second-order valence-corrected chi connectivity index (χ2v) is 5.16. The fourth-order valence-corrected chi connectivity index (χ4v) is 2.16. The highest BCUT2D eigenvalue weighted by molar-refractivity contribution is 4.88. The molecule has 1 saturated carbocycles. The molecule has 0 radical (unpaired) electrons. The lowest BCUT2D eigenvalue weighted by atomic mass is 9.88. The normalized spacial score (nSPS) is 29.6. The third-order valence-corrected chi connectivity index (χ3v) is 3.58. The molecule has 0 heterocycles. The molecule has 0 saturated heterocycles. The molecule has 0 spiro atoms. The van der Waals surface area contributed by atoms with E-state index in [0.29, 0.717) is 12.1 Å². The van der Waals surface area contributed by atoms with Crippen LogP contribution in [0.3, 0.4) is 0 Å². The van der Waals surface area contributed by atoms with Gasteiger partial charge in [-0.05, 0) is 40.2 Å². The van der Waals surface area contributed by atoms with Gasteiger partial charge in [0.15, 0.2) is 0 Å². The first-order valence-electron chi connectivity index (χ1n) is 5.57. The van der Waals surface area contributed by atoms with Gasteiger partial charge in [-0.25, -0.2) is 0 Å². The summed E-state index contributed by atoms with van der Waals surface area (Å²) in [6, 6.07) is 0.895. The highest BCUT2D eigenvalue weighted by Gasteiger charge is 2.31. The average molecular weight is 200 g/mol. The Balaban J connectivity index is 2.55. The molecule has 1 fully saturated rings. The number of nitrogens with zero attached hydrogens (tertiary/aromatic N) is 1. The topological polar surface area (TPSA) is 49.5 Å². The van der Waals surface area contributed by atoms with Crippen molar-refractivity contribution in [1.82, 2.24) is 4.90 Å². The Hall–Kier alpha value is -0.120. The van der Waals surface area contributed by atoms with E-state index in [0.717, 1.165) is 12.8 Å². The van der Waals surface area contributed by atoms with Crippen LogP contribution in [0, 0.1) is 0 Å². The molecule has 0 bridgehead atoms. The maximum absolute atomic E-state index is 9.29. The molecule has 3 nitrogen and oxygen atoms in total. The van der Waals surface area contributed by atoms with Crippen LogP contribution in [-0.2, 0) is 0 Å². The second kappa shape index (κ2) is 4.60. The van der Waals surface area contributed by atoms with Crippen LogP contribution in [-0.4, -0.2) is 41.3 Å². The molecule has 0 aromatic heterocycles. The number of hydrogen-bond acceptors (Lipinski definition) is 3. The lowest BCUT2D eigenvalue weighted by Gasteiger charge is -2.42. The summed E-state index contributed by atoms with van der Waals surface area (Å²) >= 11 is 0. The predicted molar refractivity (Wildman–Crippen MR) is 59.2 cm³/mol. The van der Waals surface area contributed by atoms with E-state index in [1.807, 2.05) is 0 Å². The summed E-state index contributed by atoms with van der Waals surface area (Å²) in [7, 11) is 2.10. The van der Waals surface area contributed by atoms with E-state index in [1.165, 1.54) is 12.8 Å². The number of rotatable bonds is 3. The number of nitrogens with two attached hydrogens (primary N) is 1. The summed E-state index contributed by atoms with van der Waals surface area (Å²) in [6.45, 7) is 4.36. The summed E-state index contributed by atoms with van der Waals surface area (Å²) < 4.78 is 0. The van der Waals surface area contributed by atoms with Crippen LogP contribution >= 0.6 is 0 Å². The van der Waals surface area contributed by atoms with Crippen LogP contribution in [0.1, 0.15) is 39.5 Å². The first-order chi connectivity index (χ1) is 6.47. The van der Waals surface area contributed by atoms with Crippen LogP contribution in [0.15, 0.2) is 0 Å². The zero-order valence-corrected chi connectivity index (χ0v) is 9.66. The maximum Gasteiger partial charge on any atom is 0.0610 e. The molecule has 0 amide bonds. The Morgan fingerprint density at radius 3 is 2.57 bits per heavy atom. The smallest absolute Gasteiger partial charge is 0.0610 e. The molecule has 2 unspecified atom stereocenters. The van der Waals surface area contributed by atoms with Crippen molar-refractivity contribution in [3.63, 3.8) is 0 Å². The van der Waals surface area contributed by atoms with E-state index in [2.05, 4.69) is 25.8 Å². The molecule has 14 heavy (non-hydrogen) atoms. The Kier molecular flexibility index (Phi) is 3.93. The van der Waals surface area contributed by atoms with Crippen LogP contribution in [0.4, 0.5) is 0 Å². The van der Waals surface area contributed by atoms with Crippen molar-refractivity contribution in [2.75, 3.05) is 13.7 Å². The van der Waals surface area contributed by atoms with Crippen molar-refractivity contribution in [1.29, 1.82) is 0 Å². The van der Waals surface area contributed by atoms with Crippen molar-refractivity contribution in [3.05, 3.63) is 0 Å². The van der Waals surface area contributed by atoms with Gasteiger partial charge >= 0.3 is 0 Å². The third kappa shape index (κ3) is 2.69. The van der Waals surface area contributed by atoms with Gasteiger partial charge in [0.25, 0.3) is 0 Å². The van der Waals surface area contributed by atoms with E-state index in [4.69, 9.17) is 5.73 Å². The molecule has 2 atom stereocenters. The van der Waals surface area contributed by atoms with Crippen molar-refractivity contribution in [3.8, 4) is 0 Å². The van der Waals surface area contributed by atoms with E-state index in [-0.39, 0.29) is 12.1 Å². The highest BCUT2D eigenvalue weighted by Crippen LogP contribution is 2.26. The Morgan fingerprint density at radius 1 is 1.43 bits per heavy atom. The van der Waals surface area contributed by atoms with E-state index in [1.54, 1.807) is 0 Å². The lowest BCUT2D eigenvalue weighted by Crippen LogP contribution is -2.52. The lowest BCUT2D eigenvalue weighted by molar-refractivity contribution is 0.0290. The van der Waals surface area contributed by atoms with E-state index < -0.39 is 0 Å². The minimum Gasteiger partial charge on any atom is -0.394 e. The standard InChI is InChI=1S/C11H24N2O/c1-11(2,8-14)13(3)10-6-4-5-9(12)7-10/h9-10,14H,4-8,12H2,1-3H3. The van der Waals surface area contributed by atoms with Crippen LogP contribution in [0.5, 0.6) is 0 Å². The Labute approximate surface area is 87.3 Å². The molecule has 1 aliphatic rings. The van der Waals surface area contributed by atoms with Gasteiger partial charge in [0.2, 0.25) is 0 Å². The van der Waals surface area contributed by atoms with Gasteiger partial charge in [-0.3, -0.25) is 4.90 Å². The van der Waals surface area contributed by atoms with Gasteiger partial charge in [0.05, 0.1) is 6.61 Å². The summed E-state index contributed by atoms with van der Waals surface area (Å²) in [6.07, 6.45) is 4.66. The number of aliphatic hydroxyl groups excluding tert-OH is 1. The van der Waals surface area contributed by atoms with E-state index >= 15 is 0 Å². The number of aliphatic hydroxyl groups is 1. The minimum absolute atomic E-state index is 0.123. The molecule has 0 aromatic carbocycles. The Morgan fingerprint density at radius 2 is 2.07 bits per heavy atom. The molecule has 0 aromatic rings. The zero-order chi connectivity index (χ0) is 10.8. The van der Waals surface area contributed by atoms with E-state index in [9.17, 15) is 5.11 Å². The highest BCUT2D eigenvalue weighted by atomic mass is 16.3. The summed E-state index contributed by atoms with van der Waals surface area (Å²) in [5.74, 6) is 0. The molecule has 1 aliphatic carbocycles. The molecule has 84 valence electrons. The predicted octanol–water partition coefficient (Wildman–Crippen LogP) is 0.959. The second-order valence-electron chi connectivity index (χ2n) is 5.16. The maximum atomic E-state index is 9.29. The molecular formula is C11H24N2O. The van der Waals surface area contributed by atoms with Gasteiger partial charge in [-0.2, -0.15) is 0 Å². The van der Waals surface area contributed by atoms with Crippen molar-refractivity contribution < 1.29 is 5.11 Å². The van der Waals surface area contributed by atoms with Gasteiger partial charge in [-0.15, -0.1) is 0 Å². The van der Waals surface area contributed by atoms with Crippen molar-refractivity contribution in [2.45, 2.75) is 57.2 Å². The molecule has 3 N–H and O–H groups in total. The first-order valence-corrected chi connectivity index (χ1v) is 5.57. The minimum atomic E-state index is -0.123. The van der Waals surface area contributed by atoms with Crippen molar-refractivity contribution in [2.24, 2.45) is 5.73 Å². The summed E-state index contributed by atoms with van der Waals surface area (Å²) in [5.41, 5.74) is 5.84. The van der Waals surface area contributed by atoms with Gasteiger partial charge < -0.3 is 10.8 Å². The average Bonchev–Trinajstić information content (AvgIpc) is 2.16. The van der Waals surface area contributed by atoms with Crippen molar-refractivity contribution >= 4 is 0 Å². The first kappa shape index (κ1) is 12.0. The van der Waals surface area contributed by atoms with Crippen LogP contribution < -0.4 is 5.73 Å². The van der Waals surface area contributed by atoms with Gasteiger partial charge in [-0.1, -0.05) is 6.42 Å².